The van der Waals surface area contributed by atoms with Crippen molar-refractivity contribution in [2.24, 2.45) is 0 Å². The van der Waals surface area contributed by atoms with Gasteiger partial charge < -0.3 is 19.5 Å². The molecule has 130 valence electrons. The van der Waals surface area contributed by atoms with Crippen molar-refractivity contribution in [2.45, 2.75) is 19.6 Å². The van der Waals surface area contributed by atoms with Crippen molar-refractivity contribution >= 4 is 30.6 Å². The fourth-order valence-electron chi connectivity index (χ4n) is 2.24. The summed E-state index contributed by atoms with van der Waals surface area (Å²) in [7, 11) is -3.53. The highest BCUT2D eigenvalue weighted by Gasteiger charge is 2.38. The van der Waals surface area contributed by atoms with Crippen molar-refractivity contribution in [1.29, 1.82) is 0 Å². The SMILES string of the molecule is CCOP(=O)(OCC)C(Nc1ccccc1C(=O)O)c1cccs1. The molecular formula is C16H20NO5PS. The lowest BCUT2D eigenvalue weighted by Crippen LogP contribution is -2.16. The van der Waals surface area contributed by atoms with Crippen molar-refractivity contribution in [3.05, 3.63) is 52.2 Å². The van der Waals surface area contributed by atoms with Crippen LogP contribution >= 0.6 is 18.9 Å². The number of carboxylic acid groups (broad SMARTS) is 1. The van der Waals surface area contributed by atoms with Crippen LogP contribution in [0.2, 0.25) is 0 Å². The average Bonchev–Trinajstić information content (AvgIpc) is 3.07. The number of hydrogen-bond donors (Lipinski definition) is 2. The molecule has 24 heavy (non-hydrogen) atoms. The van der Waals surface area contributed by atoms with Crippen LogP contribution in [0.15, 0.2) is 41.8 Å². The number of anilines is 1. The molecule has 0 aliphatic heterocycles. The summed E-state index contributed by atoms with van der Waals surface area (Å²) in [5.41, 5.74) is 0.460. The Bertz CT molecular complexity index is 709. The predicted molar refractivity (Wildman–Crippen MR) is 94.9 cm³/mol. The van der Waals surface area contributed by atoms with Gasteiger partial charge in [-0.25, -0.2) is 4.79 Å². The monoisotopic (exact) mass is 369 g/mol. The van der Waals surface area contributed by atoms with Gasteiger partial charge >= 0.3 is 13.6 Å². The van der Waals surface area contributed by atoms with Crippen molar-refractivity contribution in [3.8, 4) is 0 Å². The largest absolute Gasteiger partial charge is 0.478 e. The number of aromatic carboxylic acids is 1. The van der Waals surface area contributed by atoms with Gasteiger partial charge in [0, 0.05) is 10.6 Å². The fraction of sp³-hybridized carbons (Fsp3) is 0.312. The Morgan fingerprint density at radius 3 is 2.42 bits per heavy atom. The highest BCUT2D eigenvalue weighted by atomic mass is 32.1. The van der Waals surface area contributed by atoms with Gasteiger partial charge in [-0.1, -0.05) is 18.2 Å². The normalized spacial score (nSPS) is 12.8. The van der Waals surface area contributed by atoms with Gasteiger partial charge in [0.2, 0.25) is 0 Å². The summed E-state index contributed by atoms with van der Waals surface area (Å²) in [5.74, 6) is -1.84. The molecule has 8 heteroatoms. The van der Waals surface area contributed by atoms with Gasteiger partial charge in [-0.2, -0.15) is 0 Å². The van der Waals surface area contributed by atoms with Crippen molar-refractivity contribution in [1.82, 2.24) is 0 Å². The number of nitrogens with one attached hydrogen (secondary N) is 1. The molecule has 0 fully saturated rings. The number of carboxylic acids is 1. The molecule has 0 aliphatic rings. The van der Waals surface area contributed by atoms with E-state index in [2.05, 4.69) is 5.32 Å². The molecule has 0 radical (unpaired) electrons. The van der Waals surface area contributed by atoms with Crippen LogP contribution in [0.1, 0.15) is 34.9 Å². The van der Waals surface area contributed by atoms with E-state index in [0.717, 1.165) is 4.88 Å². The van der Waals surface area contributed by atoms with Gasteiger partial charge in [0.15, 0.2) is 5.78 Å². The number of para-hydroxylation sites is 1. The van der Waals surface area contributed by atoms with E-state index in [1.54, 1.807) is 32.0 Å². The maximum Gasteiger partial charge on any atom is 0.358 e. The number of rotatable bonds is 9. The number of thiophene rings is 1. The molecule has 0 spiro atoms. The first-order chi connectivity index (χ1) is 11.5. The van der Waals surface area contributed by atoms with Crippen LogP contribution in [0.3, 0.4) is 0 Å². The molecule has 1 heterocycles. The van der Waals surface area contributed by atoms with E-state index in [4.69, 9.17) is 9.05 Å². The summed E-state index contributed by atoms with van der Waals surface area (Å²) in [6, 6.07) is 10.1. The summed E-state index contributed by atoms with van der Waals surface area (Å²) in [6.07, 6.45) is 0. The summed E-state index contributed by atoms with van der Waals surface area (Å²) in [6.45, 7) is 3.92. The van der Waals surface area contributed by atoms with Crippen LogP contribution in [0.4, 0.5) is 5.69 Å². The van der Waals surface area contributed by atoms with Crippen LogP contribution in [0.5, 0.6) is 0 Å². The Morgan fingerprint density at radius 2 is 1.88 bits per heavy atom. The Hall–Kier alpha value is -1.66. The topological polar surface area (TPSA) is 84.9 Å². The molecule has 6 nitrogen and oxygen atoms in total. The first-order valence-electron chi connectivity index (χ1n) is 7.53. The Morgan fingerprint density at radius 1 is 1.21 bits per heavy atom. The van der Waals surface area contributed by atoms with Gasteiger partial charge in [0.1, 0.15) is 0 Å². The smallest absolute Gasteiger partial charge is 0.358 e. The number of benzene rings is 1. The molecule has 2 rings (SSSR count). The molecule has 2 N–H and O–H groups in total. The second-order valence-corrected chi connectivity index (χ2v) is 7.88. The van der Waals surface area contributed by atoms with E-state index in [1.807, 2.05) is 17.5 Å². The first kappa shape index (κ1) is 18.7. The van der Waals surface area contributed by atoms with Crippen LogP contribution in [-0.4, -0.2) is 24.3 Å². The van der Waals surface area contributed by atoms with Gasteiger partial charge in [-0.05, 0) is 37.4 Å². The minimum absolute atomic E-state index is 0.0959. The number of hydrogen-bond acceptors (Lipinski definition) is 6. The molecule has 1 atom stereocenters. The standard InChI is InChI=1S/C16H20NO5PS/c1-3-21-23(20,22-4-2)15(14-10-7-11-24-14)17-13-9-6-5-8-12(13)16(18)19/h5-11,15,17H,3-4H2,1-2H3,(H,18,19). The zero-order valence-electron chi connectivity index (χ0n) is 13.5. The molecule has 1 unspecified atom stereocenters. The van der Waals surface area contributed by atoms with Crippen LogP contribution < -0.4 is 5.32 Å². The maximum atomic E-state index is 13.2. The van der Waals surface area contributed by atoms with E-state index < -0.39 is 19.3 Å². The fourth-order valence-corrected chi connectivity index (χ4v) is 5.26. The first-order valence-corrected chi connectivity index (χ1v) is 10.0. The molecular weight excluding hydrogens is 349 g/mol. The molecule has 2 aromatic rings. The molecule has 1 aromatic heterocycles. The van der Waals surface area contributed by atoms with Gasteiger partial charge in [-0.15, -0.1) is 11.3 Å². The number of carbonyl (C=O) groups is 1. The Kier molecular flexibility index (Phi) is 6.57. The van der Waals surface area contributed by atoms with E-state index in [1.165, 1.54) is 17.4 Å². The van der Waals surface area contributed by atoms with Crippen LogP contribution in [0, 0.1) is 0 Å². The Labute approximate surface area is 145 Å². The third-order valence-corrected chi connectivity index (χ3v) is 6.58. The lowest BCUT2D eigenvalue weighted by molar-refractivity contribution is 0.0697. The highest BCUT2D eigenvalue weighted by Crippen LogP contribution is 2.61. The van der Waals surface area contributed by atoms with Crippen molar-refractivity contribution < 1.29 is 23.5 Å². The Balaban J connectivity index is 2.45. The molecule has 0 aliphatic carbocycles. The van der Waals surface area contributed by atoms with Crippen LogP contribution in [-0.2, 0) is 13.6 Å². The van der Waals surface area contributed by atoms with Crippen molar-refractivity contribution in [3.63, 3.8) is 0 Å². The molecule has 0 saturated heterocycles. The summed E-state index contributed by atoms with van der Waals surface area (Å²) >= 11 is 1.40. The zero-order valence-corrected chi connectivity index (χ0v) is 15.2. The van der Waals surface area contributed by atoms with Gasteiger partial charge in [0.05, 0.1) is 18.8 Å². The summed E-state index contributed by atoms with van der Waals surface area (Å²) < 4.78 is 24.2. The minimum atomic E-state index is -3.53. The second-order valence-electron chi connectivity index (χ2n) is 4.79. The quantitative estimate of drug-likeness (QED) is 0.616. The van der Waals surface area contributed by atoms with E-state index >= 15 is 0 Å². The molecule has 1 aromatic carbocycles. The molecule has 0 amide bonds. The molecule has 0 bridgehead atoms. The van der Waals surface area contributed by atoms with E-state index in [0.29, 0.717) is 5.69 Å². The third-order valence-electron chi connectivity index (χ3n) is 3.20. The minimum Gasteiger partial charge on any atom is -0.478 e. The zero-order chi connectivity index (χ0) is 17.6. The molecule has 0 saturated carbocycles. The summed E-state index contributed by atoms with van der Waals surface area (Å²) in [5, 5.41) is 14.3. The average molecular weight is 369 g/mol. The highest BCUT2D eigenvalue weighted by molar-refractivity contribution is 7.54. The van der Waals surface area contributed by atoms with Gasteiger partial charge in [-0.3, -0.25) is 4.57 Å². The second kappa shape index (κ2) is 8.44. The van der Waals surface area contributed by atoms with Crippen molar-refractivity contribution in [2.75, 3.05) is 18.5 Å². The summed E-state index contributed by atoms with van der Waals surface area (Å²) in [4.78, 5) is 12.2. The van der Waals surface area contributed by atoms with Crippen LogP contribution in [0.25, 0.3) is 0 Å². The predicted octanol–water partition coefficient (Wildman–Crippen LogP) is 4.82. The maximum absolute atomic E-state index is 13.2. The van der Waals surface area contributed by atoms with E-state index in [-0.39, 0.29) is 18.8 Å². The lowest BCUT2D eigenvalue weighted by Gasteiger charge is -2.27. The van der Waals surface area contributed by atoms with Gasteiger partial charge in [0.25, 0.3) is 0 Å². The lowest BCUT2D eigenvalue weighted by atomic mass is 10.2. The third kappa shape index (κ3) is 4.24. The van der Waals surface area contributed by atoms with E-state index in [9.17, 15) is 14.5 Å².